The Kier molecular flexibility index (Phi) is 3.90. The van der Waals surface area contributed by atoms with E-state index >= 15 is 0 Å². The van der Waals surface area contributed by atoms with Crippen molar-refractivity contribution in [2.24, 2.45) is 0 Å². The van der Waals surface area contributed by atoms with Crippen LogP contribution in [0.4, 0.5) is 0 Å². The number of nitrogens with one attached hydrogen (secondary N) is 1. The molecule has 0 aliphatic carbocycles. The van der Waals surface area contributed by atoms with Crippen LogP contribution in [0.1, 0.15) is 24.2 Å². The van der Waals surface area contributed by atoms with E-state index in [1.165, 1.54) is 11.1 Å². The SMILES string of the molecule is CN(C(=O)c1cn[nH]c1-c1ccccc1)C(C)(C)CO. The maximum absolute atomic E-state index is 12.6. The number of carbonyl (C=O) groups excluding carboxylic acids is 1. The van der Waals surface area contributed by atoms with Gasteiger partial charge in [-0.25, -0.2) is 0 Å². The fraction of sp³-hybridized carbons (Fsp3) is 0.333. The maximum Gasteiger partial charge on any atom is 0.257 e. The molecular formula is C15H19N3O2. The summed E-state index contributed by atoms with van der Waals surface area (Å²) in [6.07, 6.45) is 1.52. The Morgan fingerprint density at radius 3 is 2.60 bits per heavy atom. The summed E-state index contributed by atoms with van der Waals surface area (Å²) in [4.78, 5) is 14.1. The number of nitrogens with zero attached hydrogens (tertiary/aromatic N) is 2. The fourth-order valence-corrected chi connectivity index (χ4v) is 1.83. The van der Waals surface area contributed by atoms with E-state index < -0.39 is 5.54 Å². The molecule has 0 aliphatic rings. The maximum atomic E-state index is 12.6. The summed E-state index contributed by atoms with van der Waals surface area (Å²) in [5.41, 5.74) is 1.47. The Hall–Kier alpha value is -2.14. The monoisotopic (exact) mass is 273 g/mol. The number of aromatic amines is 1. The van der Waals surface area contributed by atoms with Gasteiger partial charge in [0.2, 0.25) is 0 Å². The molecule has 5 heteroatoms. The lowest BCUT2D eigenvalue weighted by Gasteiger charge is -2.33. The van der Waals surface area contributed by atoms with Crippen LogP contribution in [-0.2, 0) is 0 Å². The first kappa shape index (κ1) is 14.3. The number of rotatable bonds is 4. The number of carbonyl (C=O) groups is 1. The lowest BCUT2D eigenvalue weighted by Crippen LogP contribution is -2.47. The second-order valence-corrected chi connectivity index (χ2v) is 5.36. The van der Waals surface area contributed by atoms with Crippen LogP contribution in [-0.4, -0.2) is 45.3 Å². The van der Waals surface area contributed by atoms with Gasteiger partial charge in [0.1, 0.15) is 0 Å². The summed E-state index contributed by atoms with van der Waals surface area (Å²) < 4.78 is 0. The van der Waals surface area contributed by atoms with Crippen LogP contribution < -0.4 is 0 Å². The first-order valence-electron chi connectivity index (χ1n) is 6.45. The lowest BCUT2D eigenvalue weighted by molar-refractivity contribution is 0.0474. The topological polar surface area (TPSA) is 69.2 Å². The normalized spacial score (nSPS) is 11.4. The molecule has 1 amide bonds. The Morgan fingerprint density at radius 1 is 1.35 bits per heavy atom. The minimum atomic E-state index is -0.623. The largest absolute Gasteiger partial charge is 0.394 e. The molecule has 1 aromatic heterocycles. The number of H-pyrrole nitrogens is 1. The summed E-state index contributed by atoms with van der Waals surface area (Å²) in [7, 11) is 1.68. The molecule has 0 radical (unpaired) electrons. The predicted molar refractivity (Wildman–Crippen MR) is 77.3 cm³/mol. The zero-order valence-electron chi connectivity index (χ0n) is 11.9. The minimum absolute atomic E-state index is 0.103. The van der Waals surface area contributed by atoms with Crippen molar-refractivity contribution in [2.45, 2.75) is 19.4 Å². The molecule has 0 atom stereocenters. The molecule has 106 valence electrons. The molecular weight excluding hydrogens is 254 g/mol. The van der Waals surface area contributed by atoms with Gasteiger partial charge in [0.15, 0.2) is 0 Å². The average Bonchev–Trinajstić information content (AvgIpc) is 2.96. The Bertz CT molecular complexity index is 590. The van der Waals surface area contributed by atoms with Gasteiger partial charge in [-0.05, 0) is 13.8 Å². The van der Waals surface area contributed by atoms with Gasteiger partial charge < -0.3 is 10.0 Å². The number of hydrogen-bond acceptors (Lipinski definition) is 3. The van der Waals surface area contributed by atoms with Crippen LogP contribution in [0.2, 0.25) is 0 Å². The number of hydrogen-bond donors (Lipinski definition) is 2. The molecule has 2 rings (SSSR count). The van der Waals surface area contributed by atoms with E-state index in [4.69, 9.17) is 0 Å². The molecule has 0 fully saturated rings. The van der Waals surface area contributed by atoms with Crippen molar-refractivity contribution >= 4 is 5.91 Å². The summed E-state index contributed by atoms with van der Waals surface area (Å²) in [6.45, 7) is 3.52. The third-order valence-corrected chi connectivity index (χ3v) is 3.53. The van der Waals surface area contributed by atoms with Crippen LogP contribution >= 0.6 is 0 Å². The number of aliphatic hydroxyl groups is 1. The second kappa shape index (κ2) is 5.46. The van der Waals surface area contributed by atoms with Crippen LogP contribution in [0, 0.1) is 0 Å². The molecule has 1 heterocycles. The zero-order chi connectivity index (χ0) is 14.8. The standard InChI is InChI=1S/C15H19N3O2/c1-15(2,10-19)18(3)14(20)12-9-16-17-13(12)11-7-5-4-6-8-11/h4-9,19H,10H2,1-3H3,(H,16,17). The highest BCUT2D eigenvalue weighted by Crippen LogP contribution is 2.23. The van der Waals surface area contributed by atoms with Crippen molar-refractivity contribution < 1.29 is 9.90 Å². The highest BCUT2D eigenvalue weighted by molar-refractivity contribution is 6.00. The number of benzene rings is 1. The quantitative estimate of drug-likeness (QED) is 0.894. The van der Waals surface area contributed by atoms with Crippen LogP contribution in [0.3, 0.4) is 0 Å². The number of likely N-dealkylation sites (N-methyl/N-ethyl adjacent to an activating group) is 1. The molecule has 2 aromatic rings. The number of aliphatic hydroxyl groups excluding tert-OH is 1. The van der Waals surface area contributed by atoms with Gasteiger partial charge in [0.05, 0.1) is 29.6 Å². The predicted octanol–water partition coefficient (Wildman–Crippen LogP) is 1.92. The van der Waals surface area contributed by atoms with E-state index in [9.17, 15) is 9.90 Å². The highest BCUT2D eigenvalue weighted by atomic mass is 16.3. The Labute approximate surface area is 118 Å². The van der Waals surface area contributed by atoms with Crippen molar-refractivity contribution in [1.29, 1.82) is 0 Å². The van der Waals surface area contributed by atoms with Gasteiger partial charge in [-0.1, -0.05) is 30.3 Å². The van der Waals surface area contributed by atoms with Crippen molar-refractivity contribution in [3.63, 3.8) is 0 Å². The van der Waals surface area contributed by atoms with Gasteiger partial charge in [0.25, 0.3) is 5.91 Å². The Balaban J connectivity index is 2.36. The third kappa shape index (κ3) is 2.58. The van der Waals surface area contributed by atoms with Crippen LogP contribution in [0.15, 0.2) is 36.5 Å². The van der Waals surface area contributed by atoms with Gasteiger partial charge in [-0.3, -0.25) is 9.89 Å². The van der Waals surface area contributed by atoms with Crippen molar-refractivity contribution in [1.82, 2.24) is 15.1 Å². The summed E-state index contributed by atoms with van der Waals surface area (Å²) in [5, 5.41) is 16.2. The first-order chi connectivity index (χ1) is 9.47. The molecule has 0 bridgehead atoms. The van der Waals surface area contributed by atoms with Gasteiger partial charge in [-0.2, -0.15) is 5.10 Å². The van der Waals surface area contributed by atoms with Gasteiger partial charge in [0, 0.05) is 12.6 Å². The molecule has 0 aliphatic heterocycles. The Morgan fingerprint density at radius 2 is 2.00 bits per heavy atom. The van der Waals surface area contributed by atoms with E-state index in [2.05, 4.69) is 10.2 Å². The third-order valence-electron chi connectivity index (χ3n) is 3.53. The molecule has 0 saturated heterocycles. The van der Waals surface area contributed by atoms with Crippen LogP contribution in [0.25, 0.3) is 11.3 Å². The average molecular weight is 273 g/mol. The summed E-state index contributed by atoms with van der Waals surface area (Å²) >= 11 is 0. The van der Waals surface area contributed by atoms with Crippen LogP contribution in [0.5, 0.6) is 0 Å². The molecule has 0 saturated carbocycles. The van der Waals surface area contributed by atoms with E-state index in [1.807, 2.05) is 44.2 Å². The number of amides is 1. The van der Waals surface area contributed by atoms with E-state index in [1.54, 1.807) is 7.05 Å². The van der Waals surface area contributed by atoms with E-state index in [0.717, 1.165) is 5.56 Å². The molecule has 20 heavy (non-hydrogen) atoms. The van der Waals surface area contributed by atoms with Gasteiger partial charge in [-0.15, -0.1) is 0 Å². The summed E-state index contributed by atoms with van der Waals surface area (Å²) in [6, 6.07) is 9.57. The highest BCUT2D eigenvalue weighted by Gasteiger charge is 2.29. The molecule has 5 nitrogen and oxygen atoms in total. The van der Waals surface area contributed by atoms with Crippen molar-refractivity contribution in [2.75, 3.05) is 13.7 Å². The lowest BCUT2D eigenvalue weighted by atomic mass is 10.0. The zero-order valence-corrected chi connectivity index (χ0v) is 11.9. The van der Waals surface area contributed by atoms with Crippen molar-refractivity contribution in [3.05, 3.63) is 42.1 Å². The van der Waals surface area contributed by atoms with Crippen molar-refractivity contribution in [3.8, 4) is 11.3 Å². The molecule has 0 unspecified atom stereocenters. The minimum Gasteiger partial charge on any atom is -0.394 e. The molecule has 0 spiro atoms. The first-order valence-corrected chi connectivity index (χ1v) is 6.45. The fourth-order valence-electron chi connectivity index (χ4n) is 1.83. The number of aromatic nitrogens is 2. The smallest absolute Gasteiger partial charge is 0.257 e. The van der Waals surface area contributed by atoms with E-state index in [-0.39, 0.29) is 12.5 Å². The van der Waals surface area contributed by atoms with Gasteiger partial charge >= 0.3 is 0 Å². The summed E-state index contributed by atoms with van der Waals surface area (Å²) in [5.74, 6) is -0.170. The van der Waals surface area contributed by atoms with E-state index in [0.29, 0.717) is 11.3 Å². The molecule has 2 N–H and O–H groups in total. The second-order valence-electron chi connectivity index (χ2n) is 5.36. The molecule has 1 aromatic carbocycles.